The Hall–Kier alpha value is -2.18. The van der Waals surface area contributed by atoms with Gasteiger partial charge in [-0.3, -0.25) is 4.90 Å². The van der Waals surface area contributed by atoms with Crippen LogP contribution in [0, 0.1) is 12.3 Å². The van der Waals surface area contributed by atoms with Gasteiger partial charge >= 0.3 is 0 Å². The number of imidazole rings is 2. The SMILES string of the molecule is CCn1ccnc1CN(Cc1cnc2ccc(C)cn12)C1CC12CCNCC2. The Bertz CT molecular complexity index is 964. The molecule has 5 rings (SSSR count). The summed E-state index contributed by atoms with van der Waals surface area (Å²) in [6, 6.07) is 4.89. The highest BCUT2D eigenvalue weighted by Crippen LogP contribution is 2.56. The van der Waals surface area contributed by atoms with Crippen LogP contribution < -0.4 is 5.32 Å². The van der Waals surface area contributed by atoms with Gasteiger partial charge in [-0.25, -0.2) is 9.97 Å². The van der Waals surface area contributed by atoms with E-state index in [-0.39, 0.29) is 0 Å². The molecule has 1 aliphatic heterocycles. The fraction of sp³-hybridized carbons (Fsp3) is 0.545. The molecule has 28 heavy (non-hydrogen) atoms. The van der Waals surface area contributed by atoms with E-state index in [2.05, 4.69) is 67.5 Å². The van der Waals surface area contributed by atoms with Crippen molar-refractivity contribution in [3.63, 3.8) is 0 Å². The number of nitrogens with zero attached hydrogens (tertiary/aromatic N) is 5. The van der Waals surface area contributed by atoms with Crippen molar-refractivity contribution in [2.75, 3.05) is 13.1 Å². The maximum Gasteiger partial charge on any atom is 0.136 e. The van der Waals surface area contributed by atoms with Crippen molar-refractivity contribution in [3.05, 3.63) is 54.0 Å². The van der Waals surface area contributed by atoms with Crippen LogP contribution in [-0.2, 0) is 19.6 Å². The average Bonchev–Trinajstić information content (AvgIpc) is 3.05. The molecule has 1 unspecified atom stereocenters. The van der Waals surface area contributed by atoms with Crippen LogP contribution in [0.1, 0.15) is 43.3 Å². The molecule has 2 fully saturated rings. The Morgan fingerprint density at radius 1 is 1.21 bits per heavy atom. The Morgan fingerprint density at radius 2 is 2.07 bits per heavy atom. The molecule has 3 aromatic rings. The van der Waals surface area contributed by atoms with E-state index in [1.165, 1.54) is 36.3 Å². The number of hydrogen-bond donors (Lipinski definition) is 1. The number of fused-ring (bicyclic) bond motifs is 1. The maximum atomic E-state index is 4.66. The lowest BCUT2D eigenvalue weighted by molar-refractivity contribution is 0.180. The second-order valence-electron chi connectivity index (χ2n) is 8.55. The smallest absolute Gasteiger partial charge is 0.136 e. The summed E-state index contributed by atoms with van der Waals surface area (Å²) in [5, 5.41) is 3.53. The zero-order valence-corrected chi connectivity index (χ0v) is 16.9. The van der Waals surface area contributed by atoms with Crippen molar-refractivity contribution >= 4 is 5.65 Å². The Balaban J connectivity index is 1.44. The first-order valence-electron chi connectivity index (χ1n) is 10.6. The van der Waals surface area contributed by atoms with Gasteiger partial charge in [0, 0.05) is 37.7 Å². The van der Waals surface area contributed by atoms with E-state index in [1.54, 1.807) is 0 Å². The molecule has 1 spiro atoms. The van der Waals surface area contributed by atoms with E-state index >= 15 is 0 Å². The Kier molecular flexibility index (Phi) is 4.48. The van der Waals surface area contributed by atoms with Crippen LogP contribution in [0.15, 0.2) is 36.9 Å². The zero-order chi connectivity index (χ0) is 19.1. The molecule has 1 aliphatic carbocycles. The summed E-state index contributed by atoms with van der Waals surface area (Å²) in [7, 11) is 0. The third-order valence-corrected chi connectivity index (χ3v) is 6.77. The van der Waals surface area contributed by atoms with E-state index in [0.717, 1.165) is 38.4 Å². The molecule has 1 atom stereocenters. The minimum absolute atomic E-state index is 0.505. The van der Waals surface area contributed by atoms with Gasteiger partial charge in [0.25, 0.3) is 0 Å². The van der Waals surface area contributed by atoms with E-state index in [1.807, 2.05) is 12.4 Å². The molecule has 6 nitrogen and oxygen atoms in total. The molecule has 1 N–H and O–H groups in total. The van der Waals surface area contributed by atoms with Gasteiger partial charge in [0.15, 0.2) is 0 Å². The van der Waals surface area contributed by atoms with Gasteiger partial charge in [-0.05, 0) is 63.2 Å². The molecular formula is C22H30N6. The minimum atomic E-state index is 0.505. The molecule has 0 radical (unpaired) electrons. The van der Waals surface area contributed by atoms with E-state index in [0.29, 0.717) is 11.5 Å². The van der Waals surface area contributed by atoms with Crippen LogP contribution in [0.2, 0.25) is 0 Å². The number of piperidine rings is 1. The van der Waals surface area contributed by atoms with Gasteiger partial charge in [0.2, 0.25) is 0 Å². The zero-order valence-electron chi connectivity index (χ0n) is 16.9. The summed E-state index contributed by atoms with van der Waals surface area (Å²) >= 11 is 0. The Labute approximate surface area is 166 Å². The van der Waals surface area contributed by atoms with Gasteiger partial charge in [0.1, 0.15) is 11.5 Å². The summed E-state index contributed by atoms with van der Waals surface area (Å²) in [6.07, 6.45) is 12.2. The lowest BCUT2D eigenvalue weighted by Crippen LogP contribution is -2.36. The lowest BCUT2D eigenvalue weighted by atomic mass is 9.93. The van der Waals surface area contributed by atoms with Crippen LogP contribution in [0.3, 0.4) is 0 Å². The van der Waals surface area contributed by atoms with E-state index in [9.17, 15) is 0 Å². The highest BCUT2D eigenvalue weighted by Gasteiger charge is 2.56. The molecule has 0 bridgehead atoms. The second-order valence-corrected chi connectivity index (χ2v) is 8.55. The molecular weight excluding hydrogens is 348 g/mol. The van der Waals surface area contributed by atoms with Crippen molar-refractivity contribution in [2.45, 2.75) is 58.8 Å². The summed E-state index contributed by atoms with van der Waals surface area (Å²) < 4.78 is 4.52. The average molecular weight is 379 g/mol. The number of aromatic nitrogens is 4. The molecule has 1 saturated carbocycles. The molecule has 6 heteroatoms. The maximum absolute atomic E-state index is 4.66. The van der Waals surface area contributed by atoms with Crippen molar-refractivity contribution < 1.29 is 0 Å². The molecule has 0 aromatic carbocycles. The van der Waals surface area contributed by atoms with Crippen molar-refractivity contribution in [2.24, 2.45) is 5.41 Å². The first kappa shape index (κ1) is 17.9. The summed E-state index contributed by atoms with van der Waals surface area (Å²) in [6.45, 7) is 9.43. The third kappa shape index (κ3) is 3.14. The largest absolute Gasteiger partial charge is 0.334 e. The Morgan fingerprint density at radius 3 is 2.89 bits per heavy atom. The first-order chi connectivity index (χ1) is 13.7. The van der Waals surface area contributed by atoms with E-state index < -0.39 is 0 Å². The number of hydrogen-bond acceptors (Lipinski definition) is 4. The fourth-order valence-corrected chi connectivity index (χ4v) is 5.00. The predicted molar refractivity (Wildman–Crippen MR) is 110 cm³/mol. The number of rotatable bonds is 6. The quantitative estimate of drug-likeness (QED) is 0.716. The third-order valence-electron chi connectivity index (χ3n) is 6.77. The summed E-state index contributed by atoms with van der Waals surface area (Å²) in [5.41, 5.74) is 4.07. The fourth-order valence-electron chi connectivity index (χ4n) is 5.00. The molecule has 0 amide bonds. The topological polar surface area (TPSA) is 50.4 Å². The standard InChI is InChI=1S/C22H30N6/c1-3-26-11-10-24-21(26)16-27(19-12-22(19)6-8-23-9-7-22)15-18-13-25-20-5-4-17(2)14-28(18)20/h4-5,10-11,13-14,19,23H,3,6-9,12,15-16H2,1-2H3. The van der Waals surface area contributed by atoms with Crippen LogP contribution in [0.4, 0.5) is 0 Å². The number of pyridine rings is 1. The minimum Gasteiger partial charge on any atom is -0.334 e. The lowest BCUT2D eigenvalue weighted by Gasteiger charge is -2.29. The van der Waals surface area contributed by atoms with Gasteiger partial charge < -0.3 is 14.3 Å². The van der Waals surface area contributed by atoms with Crippen molar-refractivity contribution in [1.82, 2.24) is 29.2 Å². The van der Waals surface area contributed by atoms with Gasteiger partial charge in [-0.1, -0.05) is 6.07 Å². The van der Waals surface area contributed by atoms with Gasteiger partial charge in [-0.15, -0.1) is 0 Å². The molecule has 4 heterocycles. The van der Waals surface area contributed by atoms with E-state index in [4.69, 9.17) is 0 Å². The molecule has 2 aliphatic rings. The highest BCUT2D eigenvalue weighted by molar-refractivity contribution is 5.41. The van der Waals surface area contributed by atoms with Crippen LogP contribution in [0.25, 0.3) is 5.65 Å². The predicted octanol–water partition coefficient (Wildman–Crippen LogP) is 3.00. The van der Waals surface area contributed by atoms with Crippen LogP contribution in [0.5, 0.6) is 0 Å². The number of aryl methyl sites for hydroxylation is 2. The van der Waals surface area contributed by atoms with Crippen molar-refractivity contribution in [3.8, 4) is 0 Å². The molecule has 3 aromatic heterocycles. The summed E-state index contributed by atoms with van der Waals surface area (Å²) in [5.74, 6) is 1.17. The normalized spacial score (nSPS) is 21.0. The summed E-state index contributed by atoms with van der Waals surface area (Å²) in [4.78, 5) is 12.0. The number of nitrogens with one attached hydrogen (secondary N) is 1. The van der Waals surface area contributed by atoms with Gasteiger partial charge in [0.05, 0.1) is 18.4 Å². The molecule has 148 valence electrons. The highest BCUT2D eigenvalue weighted by atomic mass is 15.3. The second kappa shape index (κ2) is 7.01. The molecule has 1 saturated heterocycles. The van der Waals surface area contributed by atoms with Crippen molar-refractivity contribution in [1.29, 1.82) is 0 Å². The van der Waals surface area contributed by atoms with Gasteiger partial charge in [-0.2, -0.15) is 0 Å². The van der Waals surface area contributed by atoms with Crippen LogP contribution in [-0.4, -0.2) is 43.0 Å². The van der Waals surface area contributed by atoms with Crippen LogP contribution >= 0.6 is 0 Å². The first-order valence-corrected chi connectivity index (χ1v) is 10.6. The monoisotopic (exact) mass is 378 g/mol.